The number of likely N-dealkylation sites (tertiary alicyclic amines) is 1. The van der Waals surface area contributed by atoms with E-state index in [0.29, 0.717) is 16.9 Å². The first-order valence-electron chi connectivity index (χ1n) is 6.93. The van der Waals surface area contributed by atoms with E-state index in [1.807, 2.05) is 0 Å². The SMILES string of the molecule is CC(C)C1CC2(CN1C(C)C)CC21C=CC1. The molecule has 3 unspecified atom stereocenters. The first-order chi connectivity index (χ1) is 7.50. The quantitative estimate of drug-likeness (QED) is 0.643. The Hall–Kier alpha value is -0.300. The summed E-state index contributed by atoms with van der Waals surface area (Å²) < 4.78 is 0. The molecule has 1 nitrogen and oxygen atoms in total. The maximum atomic E-state index is 2.77. The molecule has 1 saturated carbocycles. The molecule has 16 heavy (non-hydrogen) atoms. The number of fused-ring (bicyclic) bond motifs is 1. The van der Waals surface area contributed by atoms with Gasteiger partial charge in [-0.15, -0.1) is 0 Å². The van der Waals surface area contributed by atoms with Gasteiger partial charge in [-0.05, 0) is 49.9 Å². The van der Waals surface area contributed by atoms with Crippen LogP contribution in [0, 0.1) is 16.7 Å². The van der Waals surface area contributed by atoms with E-state index in [0.717, 1.165) is 12.0 Å². The topological polar surface area (TPSA) is 3.24 Å². The molecule has 1 heterocycles. The Balaban J connectivity index is 1.80. The average molecular weight is 219 g/mol. The predicted molar refractivity (Wildman–Crippen MR) is 68.3 cm³/mol. The van der Waals surface area contributed by atoms with Crippen molar-refractivity contribution in [1.29, 1.82) is 0 Å². The van der Waals surface area contributed by atoms with Gasteiger partial charge in [-0.1, -0.05) is 26.0 Å². The van der Waals surface area contributed by atoms with E-state index < -0.39 is 0 Å². The Morgan fingerprint density at radius 3 is 2.25 bits per heavy atom. The standard InChI is InChI=1S/C15H25N/c1-11(2)13-8-15(10-16(13)12(3)4)9-14(15)6-5-7-14/h5-6,11-13H,7-10H2,1-4H3. The molecule has 2 fully saturated rings. The molecule has 0 bridgehead atoms. The summed E-state index contributed by atoms with van der Waals surface area (Å²) in [4.78, 5) is 2.77. The highest BCUT2D eigenvalue weighted by Gasteiger charge is 2.70. The highest BCUT2D eigenvalue weighted by molar-refractivity contribution is 5.34. The summed E-state index contributed by atoms with van der Waals surface area (Å²) in [5, 5.41) is 0. The van der Waals surface area contributed by atoms with E-state index in [2.05, 4.69) is 44.7 Å². The van der Waals surface area contributed by atoms with E-state index >= 15 is 0 Å². The molecular formula is C15H25N. The minimum absolute atomic E-state index is 0.657. The molecule has 0 aromatic heterocycles. The summed E-state index contributed by atoms with van der Waals surface area (Å²) in [5.41, 5.74) is 1.34. The van der Waals surface area contributed by atoms with Gasteiger partial charge in [0, 0.05) is 18.6 Å². The van der Waals surface area contributed by atoms with E-state index in [-0.39, 0.29) is 0 Å². The van der Waals surface area contributed by atoms with Gasteiger partial charge in [-0.3, -0.25) is 4.90 Å². The fourth-order valence-electron chi connectivity index (χ4n) is 4.21. The van der Waals surface area contributed by atoms with Crippen LogP contribution in [-0.2, 0) is 0 Å². The van der Waals surface area contributed by atoms with Crippen LogP contribution in [-0.4, -0.2) is 23.5 Å². The van der Waals surface area contributed by atoms with Crippen LogP contribution < -0.4 is 0 Å². The largest absolute Gasteiger partial charge is 0.297 e. The van der Waals surface area contributed by atoms with Gasteiger partial charge in [-0.25, -0.2) is 0 Å². The van der Waals surface area contributed by atoms with Gasteiger partial charge in [0.05, 0.1) is 0 Å². The molecule has 3 aliphatic rings. The summed E-state index contributed by atoms with van der Waals surface area (Å²) in [6, 6.07) is 1.54. The third kappa shape index (κ3) is 1.21. The van der Waals surface area contributed by atoms with Crippen LogP contribution >= 0.6 is 0 Å². The minimum atomic E-state index is 0.657. The van der Waals surface area contributed by atoms with Crippen molar-refractivity contribution in [2.24, 2.45) is 16.7 Å². The molecule has 2 spiro atoms. The van der Waals surface area contributed by atoms with Crippen LogP contribution in [0.4, 0.5) is 0 Å². The molecule has 2 aliphatic carbocycles. The Kier molecular flexibility index (Phi) is 2.12. The predicted octanol–water partition coefficient (Wildman–Crippen LogP) is 3.46. The maximum Gasteiger partial charge on any atom is 0.0127 e. The number of hydrogen-bond donors (Lipinski definition) is 0. The number of nitrogens with zero attached hydrogens (tertiary/aromatic N) is 1. The van der Waals surface area contributed by atoms with Crippen LogP contribution in [0.1, 0.15) is 47.0 Å². The van der Waals surface area contributed by atoms with Crippen molar-refractivity contribution in [3.05, 3.63) is 12.2 Å². The Morgan fingerprint density at radius 1 is 1.25 bits per heavy atom. The molecule has 0 N–H and O–H groups in total. The van der Waals surface area contributed by atoms with Crippen LogP contribution in [0.5, 0.6) is 0 Å². The molecular weight excluding hydrogens is 194 g/mol. The van der Waals surface area contributed by atoms with Crippen molar-refractivity contribution < 1.29 is 0 Å². The van der Waals surface area contributed by atoms with Gasteiger partial charge >= 0.3 is 0 Å². The summed E-state index contributed by atoms with van der Waals surface area (Å²) in [5.74, 6) is 0.809. The number of hydrogen-bond acceptors (Lipinski definition) is 1. The number of rotatable bonds is 2. The second kappa shape index (κ2) is 3.13. The highest BCUT2D eigenvalue weighted by Crippen LogP contribution is 2.75. The van der Waals surface area contributed by atoms with Crippen molar-refractivity contribution in [3.63, 3.8) is 0 Å². The Bertz CT molecular complexity index is 312. The van der Waals surface area contributed by atoms with E-state index in [1.54, 1.807) is 0 Å². The molecule has 1 heteroatoms. The zero-order valence-electron chi connectivity index (χ0n) is 11.2. The smallest absolute Gasteiger partial charge is 0.0127 e. The minimum Gasteiger partial charge on any atom is -0.297 e. The molecule has 1 aliphatic heterocycles. The van der Waals surface area contributed by atoms with Gasteiger partial charge in [0.25, 0.3) is 0 Å². The lowest BCUT2D eigenvalue weighted by atomic mass is 9.80. The molecule has 0 aromatic rings. The average Bonchev–Trinajstić information content (AvgIpc) is 2.60. The van der Waals surface area contributed by atoms with Gasteiger partial charge in [-0.2, -0.15) is 0 Å². The monoisotopic (exact) mass is 219 g/mol. The van der Waals surface area contributed by atoms with Crippen molar-refractivity contribution in [3.8, 4) is 0 Å². The van der Waals surface area contributed by atoms with Crippen LogP contribution in [0.3, 0.4) is 0 Å². The van der Waals surface area contributed by atoms with Crippen molar-refractivity contribution >= 4 is 0 Å². The fourth-order valence-corrected chi connectivity index (χ4v) is 4.21. The Labute approximate surface area is 99.9 Å². The zero-order chi connectivity index (χ0) is 11.6. The first kappa shape index (κ1) is 10.8. The summed E-state index contributed by atoms with van der Waals surface area (Å²) in [6.07, 6.45) is 9.17. The van der Waals surface area contributed by atoms with Gasteiger partial charge < -0.3 is 0 Å². The number of allylic oxidation sites excluding steroid dienone is 2. The van der Waals surface area contributed by atoms with Gasteiger partial charge in [0.1, 0.15) is 0 Å². The molecule has 1 saturated heterocycles. The zero-order valence-corrected chi connectivity index (χ0v) is 11.2. The molecule has 0 aromatic carbocycles. The Morgan fingerprint density at radius 2 is 1.94 bits per heavy atom. The lowest BCUT2D eigenvalue weighted by molar-refractivity contribution is 0.162. The maximum absolute atomic E-state index is 2.77. The summed E-state index contributed by atoms with van der Waals surface area (Å²) >= 11 is 0. The lowest BCUT2D eigenvalue weighted by Gasteiger charge is -2.30. The molecule has 3 rings (SSSR count). The van der Waals surface area contributed by atoms with Crippen molar-refractivity contribution in [2.45, 2.75) is 59.0 Å². The van der Waals surface area contributed by atoms with Crippen molar-refractivity contribution in [2.75, 3.05) is 6.54 Å². The van der Waals surface area contributed by atoms with Gasteiger partial charge in [0.2, 0.25) is 0 Å². The summed E-state index contributed by atoms with van der Waals surface area (Å²) in [7, 11) is 0. The molecule has 90 valence electrons. The lowest BCUT2D eigenvalue weighted by Crippen LogP contribution is -2.38. The first-order valence-corrected chi connectivity index (χ1v) is 6.93. The third-order valence-electron chi connectivity index (χ3n) is 5.45. The van der Waals surface area contributed by atoms with Crippen LogP contribution in [0.25, 0.3) is 0 Å². The second-order valence-electron chi connectivity index (χ2n) is 7.00. The van der Waals surface area contributed by atoms with Crippen LogP contribution in [0.15, 0.2) is 12.2 Å². The van der Waals surface area contributed by atoms with E-state index in [1.165, 1.54) is 25.8 Å². The normalized spacial score (nSPS) is 46.2. The highest BCUT2D eigenvalue weighted by atomic mass is 15.2. The second-order valence-corrected chi connectivity index (χ2v) is 7.00. The third-order valence-corrected chi connectivity index (χ3v) is 5.45. The molecule has 0 radical (unpaired) electrons. The molecule has 0 amide bonds. The van der Waals surface area contributed by atoms with Crippen LogP contribution in [0.2, 0.25) is 0 Å². The fraction of sp³-hybridized carbons (Fsp3) is 0.867. The van der Waals surface area contributed by atoms with E-state index in [4.69, 9.17) is 0 Å². The summed E-state index contributed by atoms with van der Waals surface area (Å²) in [6.45, 7) is 10.9. The van der Waals surface area contributed by atoms with E-state index in [9.17, 15) is 0 Å². The molecule has 3 atom stereocenters. The van der Waals surface area contributed by atoms with Crippen molar-refractivity contribution in [1.82, 2.24) is 4.90 Å². The van der Waals surface area contributed by atoms with Gasteiger partial charge in [0.15, 0.2) is 0 Å².